The lowest BCUT2D eigenvalue weighted by molar-refractivity contribution is -0.127. The molecule has 2 fully saturated rings. The van der Waals surface area contributed by atoms with Crippen LogP contribution in [0.5, 0.6) is 0 Å². The molecule has 2 aromatic heterocycles. The zero-order chi connectivity index (χ0) is 25.9. The minimum Gasteiger partial charge on any atom is -0.391 e. The number of benzene rings is 1. The van der Waals surface area contributed by atoms with Crippen molar-refractivity contribution in [2.75, 3.05) is 37.6 Å². The van der Waals surface area contributed by atoms with Crippen molar-refractivity contribution < 1.29 is 14.7 Å². The standard InChI is InChI=1S/C29H36N4O3S/c1-20-8-10-22-17-23(28(30-25(22)16-20)32-13-3-6-24(34)19-32)18-33(29(36)26-11-9-21(2)37-26)15-5-14-31-12-4-7-27(31)35/h8-11,16-17,24,34H,3-7,12-15,18-19H2,1-2H3/t24-/m1/s1. The number of carbonyl (C=O) groups excluding carboxylic acids is 2. The van der Waals surface area contributed by atoms with Crippen LogP contribution in [0.1, 0.15) is 57.8 Å². The molecule has 2 aliphatic rings. The van der Waals surface area contributed by atoms with E-state index in [-0.39, 0.29) is 17.9 Å². The number of hydrogen-bond donors (Lipinski definition) is 1. The molecule has 0 aliphatic carbocycles. The molecule has 0 spiro atoms. The Kier molecular flexibility index (Phi) is 7.76. The summed E-state index contributed by atoms with van der Waals surface area (Å²) in [6.07, 6.45) is 3.62. The van der Waals surface area contributed by atoms with Gasteiger partial charge in [-0.2, -0.15) is 0 Å². The molecule has 2 aliphatic heterocycles. The fraction of sp³-hybridized carbons (Fsp3) is 0.483. The summed E-state index contributed by atoms with van der Waals surface area (Å²) in [5, 5.41) is 11.4. The molecule has 3 aromatic rings. The molecule has 37 heavy (non-hydrogen) atoms. The van der Waals surface area contributed by atoms with Gasteiger partial charge in [0.1, 0.15) is 5.82 Å². The molecule has 2 saturated heterocycles. The Labute approximate surface area is 222 Å². The molecular weight excluding hydrogens is 484 g/mol. The van der Waals surface area contributed by atoms with Gasteiger partial charge in [0.2, 0.25) is 5.91 Å². The highest BCUT2D eigenvalue weighted by molar-refractivity contribution is 7.13. The second-order valence-corrected chi connectivity index (χ2v) is 11.7. The van der Waals surface area contributed by atoms with E-state index in [0.29, 0.717) is 32.6 Å². The van der Waals surface area contributed by atoms with E-state index in [1.165, 1.54) is 11.3 Å². The number of carbonyl (C=O) groups is 2. The van der Waals surface area contributed by atoms with E-state index >= 15 is 0 Å². The second-order valence-electron chi connectivity index (χ2n) is 10.4. The summed E-state index contributed by atoms with van der Waals surface area (Å²) in [7, 11) is 0. The summed E-state index contributed by atoms with van der Waals surface area (Å²) in [6.45, 7) is 7.94. The zero-order valence-corrected chi connectivity index (χ0v) is 22.6. The van der Waals surface area contributed by atoms with Crippen molar-refractivity contribution in [3.8, 4) is 0 Å². The molecule has 2 amide bonds. The lowest BCUT2D eigenvalue weighted by atomic mass is 10.1. The van der Waals surface area contributed by atoms with Crippen molar-refractivity contribution in [3.63, 3.8) is 0 Å². The average Bonchev–Trinajstić information content (AvgIpc) is 3.50. The molecule has 5 rings (SSSR count). The largest absolute Gasteiger partial charge is 0.391 e. The van der Waals surface area contributed by atoms with Crippen LogP contribution in [0.2, 0.25) is 0 Å². The Balaban J connectivity index is 1.46. The highest BCUT2D eigenvalue weighted by Crippen LogP contribution is 2.29. The number of aliphatic hydroxyl groups is 1. The fourth-order valence-electron chi connectivity index (χ4n) is 5.40. The number of aryl methyl sites for hydroxylation is 2. The minimum atomic E-state index is -0.374. The Morgan fingerprint density at radius 3 is 2.76 bits per heavy atom. The normalized spacial score (nSPS) is 18.1. The number of hydrogen-bond acceptors (Lipinski definition) is 6. The molecule has 0 bridgehead atoms. The van der Waals surface area contributed by atoms with Gasteiger partial charge in [0.05, 0.1) is 16.5 Å². The lowest BCUT2D eigenvalue weighted by Gasteiger charge is -2.33. The van der Waals surface area contributed by atoms with Crippen LogP contribution < -0.4 is 4.90 Å². The third-order valence-corrected chi connectivity index (χ3v) is 8.34. The Morgan fingerprint density at radius 1 is 1.16 bits per heavy atom. The number of β-amino-alcohol motifs (C(OH)–C–C–N with tert-alkyl or cyclic N) is 1. The average molecular weight is 521 g/mol. The Bertz CT molecular complexity index is 1290. The van der Waals surface area contributed by atoms with Gasteiger partial charge in [-0.25, -0.2) is 4.98 Å². The number of aliphatic hydroxyl groups excluding tert-OH is 1. The van der Waals surface area contributed by atoms with Gasteiger partial charge in [-0.1, -0.05) is 12.1 Å². The predicted octanol–water partition coefficient (Wildman–Crippen LogP) is 4.53. The van der Waals surface area contributed by atoms with Crippen molar-refractivity contribution in [3.05, 3.63) is 57.3 Å². The first-order chi connectivity index (χ1) is 17.9. The maximum Gasteiger partial charge on any atom is 0.264 e. The Hall–Kier alpha value is -2.97. The molecule has 0 radical (unpaired) electrons. The molecule has 4 heterocycles. The predicted molar refractivity (Wildman–Crippen MR) is 148 cm³/mol. The smallest absolute Gasteiger partial charge is 0.264 e. The summed E-state index contributed by atoms with van der Waals surface area (Å²) in [4.78, 5) is 38.7. The van der Waals surface area contributed by atoms with Crippen LogP contribution in [0.3, 0.4) is 0 Å². The number of piperidine rings is 1. The van der Waals surface area contributed by atoms with Crippen LogP contribution in [0.4, 0.5) is 5.82 Å². The lowest BCUT2D eigenvalue weighted by Crippen LogP contribution is -2.40. The van der Waals surface area contributed by atoms with Gasteiger partial charge in [-0.15, -0.1) is 11.3 Å². The first kappa shape index (κ1) is 25.7. The summed E-state index contributed by atoms with van der Waals surface area (Å²) < 4.78 is 0. The number of thiophene rings is 1. The zero-order valence-electron chi connectivity index (χ0n) is 21.8. The number of nitrogens with zero attached hydrogens (tertiary/aromatic N) is 4. The third-order valence-electron chi connectivity index (χ3n) is 7.35. The van der Waals surface area contributed by atoms with E-state index in [1.807, 2.05) is 28.9 Å². The molecule has 8 heteroatoms. The maximum absolute atomic E-state index is 13.7. The van der Waals surface area contributed by atoms with Crippen LogP contribution in [0.25, 0.3) is 10.9 Å². The van der Waals surface area contributed by atoms with Crippen molar-refractivity contribution in [1.82, 2.24) is 14.8 Å². The van der Waals surface area contributed by atoms with Crippen molar-refractivity contribution in [2.24, 2.45) is 0 Å². The van der Waals surface area contributed by atoms with Crippen LogP contribution in [-0.4, -0.2) is 70.5 Å². The molecular formula is C29H36N4O3S. The molecule has 1 aromatic carbocycles. The summed E-state index contributed by atoms with van der Waals surface area (Å²) >= 11 is 1.52. The van der Waals surface area contributed by atoms with Gasteiger partial charge < -0.3 is 19.8 Å². The summed E-state index contributed by atoms with van der Waals surface area (Å²) in [5.41, 5.74) is 3.07. The van der Waals surface area contributed by atoms with Crippen LogP contribution >= 0.6 is 11.3 Å². The topological polar surface area (TPSA) is 77.0 Å². The minimum absolute atomic E-state index is 0.0134. The third kappa shape index (κ3) is 5.96. The van der Waals surface area contributed by atoms with Crippen LogP contribution in [0.15, 0.2) is 36.4 Å². The van der Waals surface area contributed by atoms with E-state index in [0.717, 1.165) is 76.4 Å². The molecule has 196 valence electrons. The van der Waals surface area contributed by atoms with Crippen molar-refractivity contribution in [1.29, 1.82) is 0 Å². The van der Waals surface area contributed by atoms with E-state index in [4.69, 9.17) is 4.98 Å². The Morgan fingerprint density at radius 2 is 2.03 bits per heavy atom. The van der Waals surface area contributed by atoms with Crippen molar-refractivity contribution >= 4 is 39.9 Å². The SMILES string of the molecule is Cc1ccc2cc(CN(CCCN3CCCC3=O)C(=O)c3ccc(C)s3)c(N3CCC[C@@H](O)C3)nc2c1. The van der Waals surface area contributed by atoms with Gasteiger partial charge in [0, 0.05) is 61.5 Å². The van der Waals surface area contributed by atoms with E-state index in [1.54, 1.807) is 0 Å². The number of rotatable bonds is 8. The molecule has 1 atom stereocenters. The van der Waals surface area contributed by atoms with Gasteiger partial charge in [-0.05, 0) is 69.4 Å². The van der Waals surface area contributed by atoms with E-state index < -0.39 is 0 Å². The van der Waals surface area contributed by atoms with Gasteiger partial charge in [0.25, 0.3) is 5.91 Å². The number of pyridine rings is 1. The van der Waals surface area contributed by atoms with Crippen LogP contribution in [0, 0.1) is 13.8 Å². The number of anilines is 1. The van der Waals surface area contributed by atoms with E-state index in [9.17, 15) is 14.7 Å². The first-order valence-corrected chi connectivity index (χ1v) is 14.2. The summed E-state index contributed by atoms with van der Waals surface area (Å²) in [6, 6.07) is 12.3. The molecule has 7 nitrogen and oxygen atoms in total. The number of aromatic nitrogens is 1. The van der Waals surface area contributed by atoms with Gasteiger partial charge >= 0.3 is 0 Å². The second kappa shape index (κ2) is 11.2. The van der Waals surface area contributed by atoms with Crippen molar-refractivity contribution in [2.45, 2.75) is 58.6 Å². The highest BCUT2D eigenvalue weighted by atomic mass is 32.1. The molecule has 1 N–H and O–H groups in total. The van der Waals surface area contributed by atoms with Crippen LogP contribution in [-0.2, 0) is 11.3 Å². The fourth-order valence-corrected chi connectivity index (χ4v) is 6.24. The number of fused-ring (bicyclic) bond motifs is 1. The number of amides is 2. The summed E-state index contributed by atoms with van der Waals surface area (Å²) in [5.74, 6) is 1.08. The number of likely N-dealkylation sites (tertiary alicyclic amines) is 1. The quantitative estimate of drug-likeness (QED) is 0.472. The monoisotopic (exact) mass is 520 g/mol. The highest BCUT2D eigenvalue weighted by Gasteiger charge is 2.26. The molecule has 0 saturated carbocycles. The molecule has 0 unspecified atom stereocenters. The maximum atomic E-state index is 13.7. The van der Waals surface area contributed by atoms with E-state index in [2.05, 4.69) is 36.1 Å². The first-order valence-electron chi connectivity index (χ1n) is 13.3. The van der Waals surface area contributed by atoms with Gasteiger partial charge in [0.15, 0.2) is 0 Å². The van der Waals surface area contributed by atoms with Gasteiger partial charge in [-0.3, -0.25) is 9.59 Å².